The van der Waals surface area contributed by atoms with Gasteiger partial charge in [0.15, 0.2) is 0 Å². The van der Waals surface area contributed by atoms with Crippen LogP contribution in [0.1, 0.15) is 45.6 Å². The molecule has 2 heterocycles. The van der Waals surface area contributed by atoms with Gasteiger partial charge in [-0.1, -0.05) is 30.3 Å². The second kappa shape index (κ2) is 9.18. The highest BCUT2D eigenvalue weighted by Crippen LogP contribution is 2.26. The third-order valence-corrected chi connectivity index (χ3v) is 5.57. The summed E-state index contributed by atoms with van der Waals surface area (Å²) in [5, 5.41) is 0. The molecule has 1 aliphatic rings. The summed E-state index contributed by atoms with van der Waals surface area (Å²) < 4.78 is 28.0. The Labute approximate surface area is 187 Å². The number of piperidine rings is 1. The van der Waals surface area contributed by atoms with Crippen molar-refractivity contribution in [3.8, 4) is 6.01 Å². The Morgan fingerprint density at radius 3 is 2.66 bits per heavy atom. The number of likely N-dealkylation sites (tertiary alicyclic amines) is 1. The van der Waals surface area contributed by atoms with Gasteiger partial charge in [-0.3, -0.25) is 4.57 Å². The smallest absolute Gasteiger partial charge is 0.410 e. The highest BCUT2D eigenvalue weighted by atomic mass is 19.1. The maximum atomic E-state index is 14.3. The number of imidazole rings is 1. The molecule has 1 aromatic heterocycles. The van der Waals surface area contributed by atoms with Crippen LogP contribution in [0.3, 0.4) is 0 Å². The second-order valence-corrected chi connectivity index (χ2v) is 9.19. The van der Waals surface area contributed by atoms with Crippen molar-refractivity contribution in [2.45, 2.75) is 58.2 Å². The molecule has 6 nitrogen and oxygen atoms in total. The van der Waals surface area contributed by atoms with Crippen LogP contribution in [0.2, 0.25) is 0 Å². The van der Waals surface area contributed by atoms with E-state index in [9.17, 15) is 9.18 Å². The Hall–Kier alpha value is -3.09. The molecule has 0 aliphatic carbocycles. The quantitative estimate of drug-likeness (QED) is 0.535. The predicted octanol–water partition coefficient (Wildman–Crippen LogP) is 5.39. The standard InChI is InChI=1S/C25H30FN3O3/c1-25(2,3)32-24(30)28-15-9-8-11-19(28)17-31-23-27-21-13-6-7-14-22(21)29(23)16-18-10-4-5-12-20(18)26/h4-7,10,12-14,19H,8-9,11,15-17H2,1-3H3/t19-/m1/s1. The van der Waals surface area contributed by atoms with Gasteiger partial charge in [0, 0.05) is 12.1 Å². The number of amides is 1. The molecule has 1 fully saturated rings. The van der Waals surface area contributed by atoms with Crippen LogP contribution < -0.4 is 4.74 Å². The van der Waals surface area contributed by atoms with Gasteiger partial charge < -0.3 is 14.4 Å². The molecule has 0 radical (unpaired) electrons. The lowest BCUT2D eigenvalue weighted by molar-refractivity contribution is 0.00290. The van der Waals surface area contributed by atoms with Gasteiger partial charge in [-0.15, -0.1) is 0 Å². The van der Waals surface area contributed by atoms with Crippen molar-refractivity contribution in [1.82, 2.24) is 14.5 Å². The van der Waals surface area contributed by atoms with Gasteiger partial charge in [0.2, 0.25) is 0 Å². The minimum absolute atomic E-state index is 0.0969. The van der Waals surface area contributed by atoms with Gasteiger partial charge in [-0.25, -0.2) is 9.18 Å². The molecule has 0 unspecified atom stereocenters. The Balaban J connectivity index is 1.56. The van der Waals surface area contributed by atoms with Crippen LogP contribution >= 0.6 is 0 Å². The van der Waals surface area contributed by atoms with Crippen LogP contribution in [0.4, 0.5) is 9.18 Å². The van der Waals surface area contributed by atoms with Crippen LogP contribution in [0.5, 0.6) is 6.01 Å². The lowest BCUT2D eigenvalue weighted by Gasteiger charge is -2.36. The van der Waals surface area contributed by atoms with E-state index in [1.807, 2.05) is 55.7 Å². The third kappa shape index (κ3) is 5.03. The fourth-order valence-electron chi connectivity index (χ4n) is 4.02. The monoisotopic (exact) mass is 439 g/mol. The SMILES string of the molecule is CC(C)(C)OC(=O)N1CCCC[C@@H]1COc1nc2ccccc2n1Cc1ccccc1F. The first kappa shape index (κ1) is 22.1. The molecule has 0 bridgehead atoms. The minimum Gasteiger partial charge on any atom is -0.462 e. The summed E-state index contributed by atoms with van der Waals surface area (Å²) >= 11 is 0. The van der Waals surface area contributed by atoms with Crippen LogP contribution in [0.25, 0.3) is 11.0 Å². The summed E-state index contributed by atoms with van der Waals surface area (Å²) in [5.74, 6) is -0.264. The second-order valence-electron chi connectivity index (χ2n) is 9.19. The first-order valence-corrected chi connectivity index (χ1v) is 11.1. The Bertz CT molecular complexity index is 1090. The zero-order valence-corrected chi connectivity index (χ0v) is 18.9. The topological polar surface area (TPSA) is 56.6 Å². The van der Waals surface area contributed by atoms with E-state index in [4.69, 9.17) is 9.47 Å². The van der Waals surface area contributed by atoms with Gasteiger partial charge in [0.1, 0.15) is 18.0 Å². The molecule has 0 spiro atoms. The third-order valence-electron chi connectivity index (χ3n) is 5.57. The zero-order valence-electron chi connectivity index (χ0n) is 18.9. The number of carbonyl (C=O) groups is 1. The van der Waals surface area contributed by atoms with Crippen molar-refractivity contribution in [3.05, 3.63) is 59.9 Å². The molecule has 1 amide bonds. The lowest BCUT2D eigenvalue weighted by Crippen LogP contribution is -2.48. The van der Waals surface area contributed by atoms with Gasteiger partial charge in [0.25, 0.3) is 6.01 Å². The van der Waals surface area contributed by atoms with Crippen molar-refractivity contribution in [2.24, 2.45) is 0 Å². The number of carbonyl (C=O) groups excluding carboxylic acids is 1. The van der Waals surface area contributed by atoms with Crippen molar-refractivity contribution in [1.29, 1.82) is 0 Å². The summed E-state index contributed by atoms with van der Waals surface area (Å²) in [4.78, 5) is 19.1. The first-order valence-electron chi connectivity index (χ1n) is 11.1. The predicted molar refractivity (Wildman–Crippen MR) is 121 cm³/mol. The molecule has 32 heavy (non-hydrogen) atoms. The van der Waals surface area contributed by atoms with Crippen LogP contribution in [0, 0.1) is 5.82 Å². The van der Waals surface area contributed by atoms with Crippen LogP contribution in [-0.2, 0) is 11.3 Å². The van der Waals surface area contributed by atoms with E-state index < -0.39 is 5.60 Å². The number of hydrogen-bond acceptors (Lipinski definition) is 4. The normalized spacial score (nSPS) is 16.9. The highest BCUT2D eigenvalue weighted by molar-refractivity contribution is 5.76. The van der Waals surface area contributed by atoms with Crippen molar-refractivity contribution < 1.29 is 18.7 Å². The maximum absolute atomic E-state index is 14.3. The van der Waals surface area contributed by atoms with Crippen molar-refractivity contribution in [3.63, 3.8) is 0 Å². The Morgan fingerprint density at radius 1 is 1.12 bits per heavy atom. The maximum Gasteiger partial charge on any atom is 0.410 e. The average molecular weight is 440 g/mol. The summed E-state index contributed by atoms with van der Waals surface area (Å²) in [6.45, 7) is 6.86. The number of halogens is 1. The van der Waals surface area contributed by atoms with E-state index in [2.05, 4.69) is 4.98 Å². The summed E-state index contributed by atoms with van der Waals surface area (Å²) in [7, 11) is 0. The molecular formula is C25H30FN3O3. The molecule has 4 rings (SSSR count). The molecule has 0 saturated carbocycles. The van der Waals surface area contributed by atoms with E-state index in [1.54, 1.807) is 17.0 Å². The van der Waals surface area contributed by atoms with E-state index >= 15 is 0 Å². The van der Waals surface area contributed by atoms with Crippen molar-refractivity contribution >= 4 is 17.1 Å². The largest absolute Gasteiger partial charge is 0.462 e. The summed E-state index contributed by atoms with van der Waals surface area (Å²) in [5.41, 5.74) is 1.67. The first-order chi connectivity index (χ1) is 15.3. The highest BCUT2D eigenvalue weighted by Gasteiger charge is 2.31. The van der Waals surface area contributed by atoms with E-state index in [-0.39, 0.29) is 18.0 Å². The molecular weight excluding hydrogens is 409 g/mol. The number of benzene rings is 2. The molecule has 3 aromatic rings. The van der Waals surface area contributed by atoms with E-state index in [0.717, 1.165) is 30.3 Å². The number of hydrogen-bond donors (Lipinski definition) is 0. The van der Waals surface area contributed by atoms with Crippen molar-refractivity contribution in [2.75, 3.05) is 13.2 Å². The minimum atomic E-state index is -0.548. The number of rotatable bonds is 5. The Morgan fingerprint density at radius 2 is 1.88 bits per heavy atom. The van der Waals surface area contributed by atoms with E-state index in [0.29, 0.717) is 31.3 Å². The molecule has 1 aliphatic heterocycles. The molecule has 1 atom stereocenters. The van der Waals surface area contributed by atoms with Gasteiger partial charge >= 0.3 is 6.09 Å². The molecule has 170 valence electrons. The van der Waals surface area contributed by atoms with Crippen LogP contribution in [0.15, 0.2) is 48.5 Å². The number of fused-ring (bicyclic) bond motifs is 1. The van der Waals surface area contributed by atoms with Gasteiger partial charge in [0.05, 0.1) is 23.6 Å². The fraction of sp³-hybridized carbons (Fsp3) is 0.440. The molecule has 1 saturated heterocycles. The van der Waals surface area contributed by atoms with Gasteiger partial charge in [-0.2, -0.15) is 4.98 Å². The molecule has 0 N–H and O–H groups in total. The van der Waals surface area contributed by atoms with E-state index in [1.165, 1.54) is 6.07 Å². The zero-order chi connectivity index (χ0) is 22.7. The van der Waals surface area contributed by atoms with Gasteiger partial charge in [-0.05, 0) is 58.2 Å². The number of nitrogens with zero attached hydrogens (tertiary/aromatic N) is 3. The average Bonchev–Trinajstić information content (AvgIpc) is 3.10. The van der Waals surface area contributed by atoms with Crippen LogP contribution in [-0.4, -0.2) is 45.3 Å². The number of para-hydroxylation sites is 2. The summed E-state index contributed by atoms with van der Waals surface area (Å²) in [6, 6.07) is 14.7. The lowest BCUT2D eigenvalue weighted by atomic mass is 10.0. The summed E-state index contributed by atoms with van der Waals surface area (Å²) in [6.07, 6.45) is 2.50. The molecule has 2 aromatic carbocycles. The Kier molecular flexibility index (Phi) is 6.35. The molecule has 7 heteroatoms. The fourth-order valence-corrected chi connectivity index (χ4v) is 4.02. The number of aromatic nitrogens is 2. The number of ether oxygens (including phenoxy) is 2.